The molecule has 2 aromatic heterocycles. The minimum atomic E-state index is -0.110. The van der Waals surface area contributed by atoms with E-state index in [4.69, 9.17) is 0 Å². The number of nitrogens with zero attached hydrogens (tertiary/aromatic N) is 2. The molecule has 0 bridgehead atoms. The highest BCUT2D eigenvalue weighted by atomic mass is 79.9. The lowest BCUT2D eigenvalue weighted by Crippen LogP contribution is -2.22. The number of nitrogens with one attached hydrogen (secondary N) is 1. The summed E-state index contributed by atoms with van der Waals surface area (Å²) >= 11 is 3.41. The quantitative estimate of drug-likeness (QED) is 0.739. The number of fused-ring (bicyclic) bond motifs is 1. The Morgan fingerprint density at radius 2 is 1.90 bits per heavy atom. The Kier molecular flexibility index (Phi) is 4.01. The van der Waals surface area contributed by atoms with Crippen molar-refractivity contribution < 1.29 is 4.79 Å². The molecule has 21 heavy (non-hydrogen) atoms. The summed E-state index contributed by atoms with van der Waals surface area (Å²) in [6, 6.07) is 13.8. The minimum Gasteiger partial charge on any atom is -0.348 e. The minimum absolute atomic E-state index is 0.110. The molecule has 0 radical (unpaired) electrons. The number of aromatic nitrogens is 2. The topological polar surface area (TPSA) is 46.4 Å². The second-order valence-corrected chi connectivity index (χ2v) is 5.28. The third kappa shape index (κ3) is 2.97. The summed E-state index contributed by atoms with van der Waals surface area (Å²) in [5, 5.41) is 7.93. The van der Waals surface area contributed by atoms with Crippen LogP contribution < -0.4 is 5.32 Å². The van der Waals surface area contributed by atoms with Gasteiger partial charge in [0.15, 0.2) is 0 Å². The number of hydrogen-bond acceptors (Lipinski definition) is 2. The number of halogens is 1. The van der Waals surface area contributed by atoms with Gasteiger partial charge in [-0.15, -0.1) is 0 Å². The molecule has 106 valence electrons. The molecule has 1 N–H and O–H groups in total. The lowest BCUT2D eigenvalue weighted by Gasteiger charge is -2.05. The van der Waals surface area contributed by atoms with E-state index >= 15 is 0 Å². The SMILES string of the molecule is O=C(NCc1ccc(CBr)cc1)c1cnn2ccccc12. The van der Waals surface area contributed by atoms with Gasteiger partial charge in [-0.3, -0.25) is 4.79 Å². The fourth-order valence-corrected chi connectivity index (χ4v) is 2.51. The summed E-state index contributed by atoms with van der Waals surface area (Å²) in [6.07, 6.45) is 3.42. The van der Waals surface area contributed by atoms with Crippen LogP contribution in [0.25, 0.3) is 5.52 Å². The number of benzene rings is 1. The Hall–Kier alpha value is -2.14. The summed E-state index contributed by atoms with van der Waals surface area (Å²) in [6.45, 7) is 0.506. The summed E-state index contributed by atoms with van der Waals surface area (Å²) < 4.78 is 1.69. The van der Waals surface area contributed by atoms with Gasteiger partial charge in [0.2, 0.25) is 0 Å². The van der Waals surface area contributed by atoms with E-state index in [9.17, 15) is 4.79 Å². The third-order valence-corrected chi connectivity index (χ3v) is 3.95. The predicted molar refractivity (Wildman–Crippen MR) is 85.4 cm³/mol. The van der Waals surface area contributed by atoms with Gasteiger partial charge in [-0.1, -0.05) is 46.3 Å². The van der Waals surface area contributed by atoms with Gasteiger partial charge in [-0.05, 0) is 23.3 Å². The molecule has 0 spiro atoms. The van der Waals surface area contributed by atoms with Gasteiger partial charge in [0.25, 0.3) is 5.91 Å². The molecule has 0 aliphatic carbocycles. The van der Waals surface area contributed by atoms with E-state index in [1.54, 1.807) is 10.7 Å². The van der Waals surface area contributed by atoms with Crippen molar-refractivity contribution in [3.8, 4) is 0 Å². The van der Waals surface area contributed by atoms with Crippen LogP contribution in [0.2, 0.25) is 0 Å². The number of carbonyl (C=O) groups excluding carboxylic acids is 1. The molecule has 0 aliphatic heterocycles. The van der Waals surface area contributed by atoms with Crippen LogP contribution in [0.5, 0.6) is 0 Å². The van der Waals surface area contributed by atoms with Gasteiger partial charge in [0.05, 0.1) is 17.3 Å². The lowest BCUT2D eigenvalue weighted by atomic mass is 10.1. The first-order chi connectivity index (χ1) is 10.3. The van der Waals surface area contributed by atoms with E-state index in [1.807, 2.05) is 48.7 Å². The van der Waals surface area contributed by atoms with E-state index in [1.165, 1.54) is 5.56 Å². The summed E-state index contributed by atoms with van der Waals surface area (Å²) in [5.74, 6) is -0.110. The van der Waals surface area contributed by atoms with Crippen LogP contribution in [-0.4, -0.2) is 15.5 Å². The molecule has 0 aliphatic rings. The second kappa shape index (κ2) is 6.10. The Labute approximate surface area is 130 Å². The number of alkyl halides is 1. The normalized spacial score (nSPS) is 10.7. The summed E-state index contributed by atoms with van der Waals surface area (Å²) in [7, 11) is 0. The molecule has 5 heteroatoms. The van der Waals surface area contributed by atoms with E-state index in [0.29, 0.717) is 12.1 Å². The molecule has 0 fully saturated rings. The zero-order chi connectivity index (χ0) is 14.7. The van der Waals surface area contributed by atoms with Gasteiger partial charge >= 0.3 is 0 Å². The highest BCUT2D eigenvalue weighted by Gasteiger charge is 2.11. The van der Waals surface area contributed by atoms with Crippen molar-refractivity contribution in [3.05, 3.63) is 71.5 Å². The fourth-order valence-electron chi connectivity index (χ4n) is 2.13. The number of rotatable bonds is 4. The summed E-state index contributed by atoms with van der Waals surface area (Å²) in [5.41, 5.74) is 3.69. The van der Waals surface area contributed by atoms with Gasteiger partial charge in [0, 0.05) is 18.1 Å². The zero-order valence-electron chi connectivity index (χ0n) is 11.3. The molecule has 3 aromatic rings. The number of carbonyl (C=O) groups is 1. The molecule has 0 atom stereocenters. The van der Waals surface area contributed by atoms with Crippen LogP contribution in [0, 0.1) is 0 Å². The third-order valence-electron chi connectivity index (χ3n) is 3.30. The van der Waals surface area contributed by atoms with Crippen molar-refractivity contribution in [2.45, 2.75) is 11.9 Å². The maximum Gasteiger partial charge on any atom is 0.255 e. The molecule has 0 saturated heterocycles. The first-order valence-corrected chi connectivity index (χ1v) is 7.74. The first kappa shape index (κ1) is 13.8. The van der Waals surface area contributed by atoms with Crippen LogP contribution >= 0.6 is 15.9 Å². The van der Waals surface area contributed by atoms with E-state index in [2.05, 4.69) is 26.3 Å². The van der Waals surface area contributed by atoms with Crippen molar-refractivity contribution in [2.24, 2.45) is 0 Å². The van der Waals surface area contributed by atoms with Crippen molar-refractivity contribution in [1.29, 1.82) is 0 Å². The molecular formula is C16H14BrN3O. The predicted octanol–water partition coefficient (Wildman–Crippen LogP) is 3.16. The van der Waals surface area contributed by atoms with E-state index in [0.717, 1.165) is 16.4 Å². The second-order valence-electron chi connectivity index (χ2n) is 4.72. The standard InChI is InChI=1S/C16H14BrN3O/c17-9-12-4-6-13(7-5-12)10-18-16(21)14-11-19-20-8-2-1-3-15(14)20/h1-8,11H,9-10H2,(H,18,21). The molecule has 2 heterocycles. The van der Waals surface area contributed by atoms with Crippen LogP contribution in [0.15, 0.2) is 54.9 Å². The average molecular weight is 344 g/mol. The monoisotopic (exact) mass is 343 g/mol. The number of hydrogen-bond donors (Lipinski definition) is 1. The maximum absolute atomic E-state index is 12.2. The van der Waals surface area contributed by atoms with Gasteiger partial charge in [-0.2, -0.15) is 5.10 Å². The van der Waals surface area contributed by atoms with Crippen LogP contribution in [-0.2, 0) is 11.9 Å². The van der Waals surface area contributed by atoms with Crippen molar-refractivity contribution in [3.63, 3.8) is 0 Å². The van der Waals surface area contributed by atoms with E-state index in [-0.39, 0.29) is 5.91 Å². The van der Waals surface area contributed by atoms with Gasteiger partial charge in [0.1, 0.15) is 0 Å². The van der Waals surface area contributed by atoms with Gasteiger partial charge < -0.3 is 5.32 Å². The Balaban J connectivity index is 1.71. The van der Waals surface area contributed by atoms with Crippen molar-refractivity contribution >= 4 is 27.4 Å². The molecular weight excluding hydrogens is 330 g/mol. The highest BCUT2D eigenvalue weighted by molar-refractivity contribution is 9.08. The Morgan fingerprint density at radius 1 is 1.14 bits per heavy atom. The Morgan fingerprint density at radius 3 is 2.67 bits per heavy atom. The molecule has 4 nitrogen and oxygen atoms in total. The number of amides is 1. The van der Waals surface area contributed by atoms with Crippen LogP contribution in [0.4, 0.5) is 0 Å². The highest BCUT2D eigenvalue weighted by Crippen LogP contribution is 2.11. The fraction of sp³-hybridized carbons (Fsp3) is 0.125. The summed E-state index contributed by atoms with van der Waals surface area (Å²) in [4.78, 5) is 12.2. The zero-order valence-corrected chi connectivity index (χ0v) is 12.9. The molecule has 1 amide bonds. The average Bonchev–Trinajstić information content (AvgIpc) is 2.97. The van der Waals surface area contributed by atoms with Gasteiger partial charge in [-0.25, -0.2) is 4.52 Å². The largest absolute Gasteiger partial charge is 0.348 e. The lowest BCUT2D eigenvalue weighted by molar-refractivity contribution is 0.0952. The molecule has 0 unspecified atom stereocenters. The van der Waals surface area contributed by atoms with Crippen LogP contribution in [0.1, 0.15) is 21.5 Å². The van der Waals surface area contributed by atoms with Crippen molar-refractivity contribution in [2.75, 3.05) is 0 Å². The maximum atomic E-state index is 12.2. The first-order valence-electron chi connectivity index (χ1n) is 6.62. The van der Waals surface area contributed by atoms with Crippen LogP contribution in [0.3, 0.4) is 0 Å². The Bertz CT molecular complexity index is 765. The molecule has 0 saturated carbocycles. The number of pyridine rings is 1. The van der Waals surface area contributed by atoms with Crippen molar-refractivity contribution in [1.82, 2.24) is 14.9 Å². The smallest absolute Gasteiger partial charge is 0.255 e. The molecule has 1 aromatic carbocycles. The molecule has 3 rings (SSSR count). The van der Waals surface area contributed by atoms with E-state index < -0.39 is 0 Å².